The van der Waals surface area contributed by atoms with Gasteiger partial charge in [0.1, 0.15) is 23.7 Å². The molecular weight excluding hydrogens is 302 g/mol. The molecule has 0 aliphatic carbocycles. The smallest absolute Gasteiger partial charge is 0.137 e. The summed E-state index contributed by atoms with van der Waals surface area (Å²) in [5.41, 5.74) is 2.22. The second kappa shape index (κ2) is 7.64. The van der Waals surface area contributed by atoms with Gasteiger partial charge in [-0.1, -0.05) is 12.1 Å². The molecule has 0 aromatic carbocycles. The first-order valence-corrected chi connectivity index (χ1v) is 8.86. The Hall–Kier alpha value is -2.11. The Morgan fingerprint density at radius 3 is 2.96 bits per heavy atom. The van der Waals surface area contributed by atoms with Gasteiger partial charge in [0.2, 0.25) is 0 Å². The van der Waals surface area contributed by atoms with Crippen LogP contribution in [-0.4, -0.2) is 34.8 Å². The minimum absolute atomic E-state index is 0.736. The molecule has 1 fully saturated rings. The first kappa shape index (κ1) is 16.7. The summed E-state index contributed by atoms with van der Waals surface area (Å²) in [6.07, 6.45) is 6.20. The molecule has 0 amide bonds. The Morgan fingerprint density at radius 2 is 2.21 bits per heavy atom. The van der Waals surface area contributed by atoms with Crippen LogP contribution in [0.5, 0.6) is 0 Å². The third-order valence-electron chi connectivity index (χ3n) is 4.72. The second-order valence-electron chi connectivity index (χ2n) is 6.79. The van der Waals surface area contributed by atoms with Crippen LogP contribution in [0.1, 0.15) is 43.2 Å². The van der Waals surface area contributed by atoms with Crippen LogP contribution in [0.15, 0.2) is 16.9 Å². The van der Waals surface area contributed by atoms with Crippen LogP contribution in [0.3, 0.4) is 0 Å². The van der Waals surface area contributed by atoms with Crippen LogP contribution >= 0.6 is 0 Å². The van der Waals surface area contributed by atoms with Crippen molar-refractivity contribution in [1.29, 1.82) is 0 Å². The van der Waals surface area contributed by atoms with Gasteiger partial charge >= 0.3 is 0 Å². The molecule has 130 valence electrons. The number of hydrogen-bond acceptors (Lipinski definition) is 6. The van der Waals surface area contributed by atoms with E-state index in [0.29, 0.717) is 0 Å². The van der Waals surface area contributed by atoms with E-state index in [1.165, 1.54) is 18.4 Å². The van der Waals surface area contributed by atoms with Crippen molar-refractivity contribution in [3.8, 4) is 0 Å². The molecule has 6 nitrogen and oxygen atoms in total. The Kier molecular flexibility index (Phi) is 5.33. The van der Waals surface area contributed by atoms with E-state index in [1.54, 1.807) is 6.33 Å². The lowest BCUT2D eigenvalue weighted by Gasteiger charge is -2.31. The molecule has 0 spiro atoms. The predicted octanol–water partition coefficient (Wildman–Crippen LogP) is 3.36. The predicted molar refractivity (Wildman–Crippen MR) is 95.4 cm³/mol. The summed E-state index contributed by atoms with van der Waals surface area (Å²) in [4.78, 5) is 11.2. The SMILES string of the molecule is Cc1noc(C)c1CCCNc1cc(N2CCCC(C)C2)ncn1. The topological polar surface area (TPSA) is 67.1 Å². The summed E-state index contributed by atoms with van der Waals surface area (Å²) in [5.74, 6) is 3.60. The molecule has 1 saturated heterocycles. The highest BCUT2D eigenvalue weighted by Gasteiger charge is 2.17. The highest BCUT2D eigenvalue weighted by atomic mass is 16.5. The van der Waals surface area contributed by atoms with Gasteiger partial charge in [0.05, 0.1) is 5.69 Å². The zero-order valence-electron chi connectivity index (χ0n) is 14.9. The fourth-order valence-corrected chi connectivity index (χ4v) is 3.35. The number of nitrogens with one attached hydrogen (secondary N) is 1. The van der Waals surface area contributed by atoms with Gasteiger partial charge in [-0.15, -0.1) is 0 Å². The van der Waals surface area contributed by atoms with Gasteiger partial charge in [-0.05, 0) is 45.4 Å². The molecule has 1 aliphatic rings. The van der Waals surface area contributed by atoms with Crippen molar-refractivity contribution in [3.05, 3.63) is 29.4 Å². The highest BCUT2D eigenvalue weighted by Crippen LogP contribution is 2.22. The van der Waals surface area contributed by atoms with E-state index in [0.717, 1.165) is 61.5 Å². The maximum absolute atomic E-state index is 5.21. The molecule has 3 heterocycles. The Bertz CT molecular complexity index is 650. The number of anilines is 2. The fourth-order valence-electron chi connectivity index (χ4n) is 3.35. The molecule has 0 bridgehead atoms. The van der Waals surface area contributed by atoms with E-state index in [2.05, 4.69) is 38.3 Å². The van der Waals surface area contributed by atoms with Crippen LogP contribution in [-0.2, 0) is 6.42 Å². The minimum atomic E-state index is 0.736. The largest absolute Gasteiger partial charge is 0.370 e. The van der Waals surface area contributed by atoms with Gasteiger partial charge in [0.15, 0.2) is 0 Å². The van der Waals surface area contributed by atoms with E-state index in [1.807, 2.05) is 13.8 Å². The van der Waals surface area contributed by atoms with Crippen molar-refractivity contribution in [2.75, 3.05) is 29.9 Å². The zero-order valence-corrected chi connectivity index (χ0v) is 14.9. The first-order chi connectivity index (χ1) is 11.6. The van der Waals surface area contributed by atoms with Crippen LogP contribution < -0.4 is 10.2 Å². The molecule has 24 heavy (non-hydrogen) atoms. The zero-order chi connectivity index (χ0) is 16.9. The summed E-state index contributed by atoms with van der Waals surface area (Å²) >= 11 is 0. The van der Waals surface area contributed by atoms with Crippen molar-refractivity contribution in [3.63, 3.8) is 0 Å². The molecule has 1 unspecified atom stereocenters. The van der Waals surface area contributed by atoms with E-state index in [-0.39, 0.29) is 0 Å². The number of piperidine rings is 1. The second-order valence-corrected chi connectivity index (χ2v) is 6.79. The van der Waals surface area contributed by atoms with Crippen LogP contribution in [0, 0.1) is 19.8 Å². The van der Waals surface area contributed by atoms with E-state index < -0.39 is 0 Å². The quantitative estimate of drug-likeness (QED) is 0.820. The van der Waals surface area contributed by atoms with Gasteiger partial charge in [-0.25, -0.2) is 9.97 Å². The highest BCUT2D eigenvalue weighted by molar-refractivity contribution is 5.48. The molecule has 2 aromatic rings. The maximum Gasteiger partial charge on any atom is 0.137 e. The molecule has 6 heteroatoms. The van der Waals surface area contributed by atoms with Crippen LogP contribution in [0.4, 0.5) is 11.6 Å². The van der Waals surface area contributed by atoms with Crippen LogP contribution in [0.2, 0.25) is 0 Å². The lowest BCUT2D eigenvalue weighted by Crippen LogP contribution is -2.34. The normalized spacial score (nSPS) is 18.0. The van der Waals surface area contributed by atoms with Crippen molar-refractivity contribution >= 4 is 11.6 Å². The van der Waals surface area contributed by atoms with Crippen LogP contribution in [0.25, 0.3) is 0 Å². The minimum Gasteiger partial charge on any atom is -0.370 e. The summed E-state index contributed by atoms with van der Waals surface area (Å²) in [5, 5.41) is 7.41. The number of hydrogen-bond donors (Lipinski definition) is 1. The van der Waals surface area contributed by atoms with Gasteiger partial charge in [0, 0.05) is 31.3 Å². The fraction of sp³-hybridized carbons (Fsp3) is 0.611. The molecule has 1 N–H and O–H groups in total. The van der Waals surface area contributed by atoms with E-state index in [4.69, 9.17) is 4.52 Å². The summed E-state index contributed by atoms with van der Waals surface area (Å²) in [7, 11) is 0. The van der Waals surface area contributed by atoms with Crippen molar-refractivity contribution < 1.29 is 4.52 Å². The van der Waals surface area contributed by atoms with Gasteiger partial charge < -0.3 is 14.7 Å². The maximum atomic E-state index is 5.21. The lowest BCUT2D eigenvalue weighted by atomic mass is 10.0. The van der Waals surface area contributed by atoms with Gasteiger partial charge in [0.25, 0.3) is 0 Å². The number of aryl methyl sites for hydroxylation is 2. The summed E-state index contributed by atoms with van der Waals surface area (Å²) < 4.78 is 5.21. The summed E-state index contributed by atoms with van der Waals surface area (Å²) in [6.45, 7) is 9.32. The molecule has 2 aromatic heterocycles. The van der Waals surface area contributed by atoms with Crippen molar-refractivity contribution in [1.82, 2.24) is 15.1 Å². The van der Waals surface area contributed by atoms with Gasteiger partial charge in [-0.3, -0.25) is 0 Å². The standard InChI is InChI=1S/C18H27N5O/c1-13-6-5-9-23(11-13)18-10-17(20-12-21-18)19-8-4-7-16-14(2)22-24-15(16)3/h10,12-13H,4-9,11H2,1-3H3,(H,19,20,21). The monoisotopic (exact) mass is 329 g/mol. The molecule has 1 aliphatic heterocycles. The summed E-state index contributed by atoms with van der Waals surface area (Å²) in [6, 6.07) is 2.06. The van der Waals surface area contributed by atoms with E-state index >= 15 is 0 Å². The molecule has 3 rings (SSSR count). The Labute approximate surface area is 143 Å². The Balaban J connectivity index is 1.51. The third-order valence-corrected chi connectivity index (χ3v) is 4.72. The third kappa shape index (κ3) is 4.04. The number of rotatable bonds is 6. The average Bonchev–Trinajstić information content (AvgIpc) is 2.90. The molecule has 0 radical (unpaired) electrons. The molecule has 0 saturated carbocycles. The van der Waals surface area contributed by atoms with Crippen molar-refractivity contribution in [2.24, 2.45) is 5.92 Å². The lowest BCUT2D eigenvalue weighted by molar-refractivity contribution is 0.392. The van der Waals surface area contributed by atoms with Crippen molar-refractivity contribution in [2.45, 2.75) is 46.5 Å². The van der Waals surface area contributed by atoms with E-state index in [9.17, 15) is 0 Å². The van der Waals surface area contributed by atoms with Gasteiger partial charge in [-0.2, -0.15) is 0 Å². The Morgan fingerprint density at radius 1 is 1.33 bits per heavy atom. The number of aromatic nitrogens is 3. The first-order valence-electron chi connectivity index (χ1n) is 8.86. The number of nitrogens with zero attached hydrogens (tertiary/aromatic N) is 4. The molecule has 1 atom stereocenters. The average molecular weight is 329 g/mol. The molecular formula is C18H27N5O.